The summed E-state index contributed by atoms with van der Waals surface area (Å²) in [5.41, 5.74) is 4.76. The Hall–Kier alpha value is -3.44. The Morgan fingerprint density at radius 3 is 2.17 bits per heavy atom. The van der Waals surface area contributed by atoms with E-state index >= 15 is 0 Å². The highest BCUT2D eigenvalue weighted by Crippen LogP contribution is 2.28. The van der Waals surface area contributed by atoms with Gasteiger partial charge in [-0.15, -0.1) is 11.3 Å². The van der Waals surface area contributed by atoms with Crippen molar-refractivity contribution < 1.29 is 9.53 Å². The second kappa shape index (κ2) is 8.93. The van der Waals surface area contributed by atoms with Gasteiger partial charge in [0.2, 0.25) is 0 Å². The zero-order valence-corrected chi connectivity index (χ0v) is 17.6. The maximum atomic E-state index is 12.5. The number of amides is 1. The van der Waals surface area contributed by atoms with Gasteiger partial charge in [0, 0.05) is 16.5 Å². The Bertz CT molecular complexity index is 1120. The van der Waals surface area contributed by atoms with Crippen LogP contribution in [0.5, 0.6) is 5.75 Å². The van der Waals surface area contributed by atoms with Crippen LogP contribution in [0.15, 0.2) is 84.2 Å². The highest BCUT2D eigenvalue weighted by Gasteiger charge is 2.11. The number of carbonyl (C=O) groups excluding carboxylic acids is 1. The molecule has 4 nitrogen and oxygen atoms in total. The Morgan fingerprint density at radius 1 is 0.867 bits per heavy atom. The largest absolute Gasteiger partial charge is 0.491 e. The summed E-state index contributed by atoms with van der Waals surface area (Å²) in [4.78, 5) is 17.1. The molecular weight excluding hydrogens is 392 g/mol. The molecule has 0 atom stereocenters. The normalized spacial score (nSPS) is 10.8. The van der Waals surface area contributed by atoms with E-state index in [0.717, 1.165) is 22.6 Å². The van der Waals surface area contributed by atoms with Crippen molar-refractivity contribution in [2.45, 2.75) is 20.0 Å². The van der Waals surface area contributed by atoms with Crippen molar-refractivity contribution in [3.8, 4) is 28.1 Å². The highest BCUT2D eigenvalue weighted by molar-refractivity contribution is 7.14. The second-order valence-electron chi connectivity index (χ2n) is 7.13. The first kappa shape index (κ1) is 19.9. The fourth-order valence-electron chi connectivity index (χ4n) is 3.05. The molecule has 4 aromatic rings. The average Bonchev–Trinajstić information content (AvgIpc) is 3.23. The molecule has 0 spiro atoms. The van der Waals surface area contributed by atoms with Crippen LogP contribution in [0.3, 0.4) is 0 Å². The quantitative estimate of drug-likeness (QED) is 0.391. The maximum Gasteiger partial charge on any atom is 0.257 e. The van der Waals surface area contributed by atoms with Crippen LogP contribution in [0.4, 0.5) is 5.13 Å². The van der Waals surface area contributed by atoms with Crippen LogP contribution in [0.2, 0.25) is 0 Å². The molecule has 0 aliphatic carbocycles. The molecule has 0 aliphatic heterocycles. The number of aromatic nitrogens is 1. The van der Waals surface area contributed by atoms with E-state index in [0.29, 0.717) is 10.7 Å². The van der Waals surface area contributed by atoms with Crippen LogP contribution in [0, 0.1) is 0 Å². The third kappa shape index (κ3) is 4.75. The molecule has 0 saturated heterocycles. The van der Waals surface area contributed by atoms with Crippen molar-refractivity contribution in [2.75, 3.05) is 5.32 Å². The standard InChI is InChI=1S/C25H22N2O2S/c1-17(2)29-22-14-12-21(13-15-22)24(28)27-25-26-23(16-30-25)20-10-8-19(9-11-20)18-6-4-3-5-7-18/h3-17H,1-2H3,(H,26,27,28). The molecule has 1 amide bonds. The van der Waals surface area contributed by atoms with Gasteiger partial charge in [-0.2, -0.15) is 0 Å². The lowest BCUT2D eigenvalue weighted by Gasteiger charge is -2.09. The minimum absolute atomic E-state index is 0.0974. The van der Waals surface area contributed by atoms with Crippen LogP contribution >= 0.6 is 11.3 Å². The monoisotopic (exact) mass is 414 g/mol. The van der Waals surface area contributed by atoms with Crippen molar-refractivity contribution >= 4 is 22.4 Å². The van der Waals surface area contributed by atoms with Gasteiger partial charge in [-0.3, -0.25) is 10.1 Å². The number of rotatable bonds is 6. The first-order chi connectivity index (χ1) is 14.6. The zero-order chi connectivity index (χ0) is 20.9. The van der Waals surface area contributed by atoms with Crippen molar-refractivity contribution in [1.29, 1.82) is 0 Å². The lowest BCUT2D eigenvalue weighted by atomic mass is 10.0. The number of hydrogen-bond acceptors (Lipinski definition) is 4. The van der Waals surface area contributed by atoms with Gasteiger partial charge in [0.15, 0.2) is 5.13 Å². The molecular formula is C25H22N2O2S. The van der Waals surface area contributed by atoms with Gasteiger partial charge in [0.25, 0.3) is 5.91 Å². The molecule has 0 bridgehead atoms. The molecule has 0 unspecified atom stereocenters. The SMILES string of the molecule is CC(C)Oc1ccc(C(=O)Nc2nc(-c3ccc(-c4ccccc4)cc3)cs2)cc1. The molecule has 1 aromatic heterocycles. The smallest absolute Gasteiger partial charge is 0.257 e. The number of benzene rings is 3. The number of nitrogens with one attached hydrogen (secondary N) is 1. The van der Waals surface area contributed by atoms with Crippen molar-refractivity contribution in [3.63, 3.8) is 0 Å². The molecule has 1 heterocycles. The summed E-state index contributed by atoms with van der Waals surface area (Å²) < 4.78 is 5.61. The molecule has 4 rings (SSSR count). The van der Waals surface area contributed by atoms with Crippen molar-refractivity contribution in [1.82, 2.24) is 4.98 Å². The number of thiazole rings is 1. The summed E-state index contributed by atoms with van der Waals surface area (Å²) in [6.07, 6.45) is 0.0974. The summed E-state index contributed by atoms with van der Waals surface area (Å²) in [5, 5.41) is 5.40. The Kier molecular flexibility index (Phi) is 5.91. The molecule has 0 saturated carbocycles. The molecule has 150 valence electrons. The van der Waals surface area contributed by atoms with E-state index in [-0.39, 0.29) is 12.0 Å². The molecule has 30 heavy (non-hydrogen) atoms. The van der Waals surface area contributed by atoms with E-state index in [4.69, 9.17) is 4.74 Å². The van der Waals surface area contributed by atoms with Gasteiger partial charge in [-0.05, 0) is 49.2 Å². The molecule has 3 aromatic carbocycles. The lowest BCUT2D eigenvalue weighted by Crippen LogP contribution is -2.12. The number of carbonyl (C=O) groups is 1. The Morgan fingerprint density at radius 2 is 1.50 bits per heavy atom. The number of ether oxygens (including phenoxy) is 1. The van der Waals surface area contributed by atoms with Gasteiger partial charge in [-0.1, -0.05) is 54.6 Å². The predicted octanol–water partition coefficient (Wildman–Crippen LogP) is 6.52. The van der Waals surface area contributed by atoms with E-state index in [1.54, 1.807) is 24.3 Å². The topological polar surface area (TPSA) is 51.2 Å². The van der Waals surface area contributed by atoms with Crippen LogP contribution in [0.25, 0.3) is 22.4 Å². The highest BCUT2D eigenvalue weighted by atomic mass is 32.1. The second-order valence-corrected chi connectivity index (χ2v) is 7.98. The average molecular weight is 415 g/mol. The minimum Gasteiger partial charge on any atom is -0.491 e. The third-order valence-electron chi connectivity index (χ3n) is 4.50. The fraction of sp³-hybridized carbons (Fsp3) is 0.120. The first-order valence-electron chi connectivity index (χ1n) is 9.78. The van der Waals surface area contributed by atoms with Gasteiger partial charge >= 0.3 is 0 Å². The first-order valence-corrected chi connectivity index (χ1v) is 10.7. The number of hydrogen-bond donors (Lipinski definition) is 1. The summed E-state index contributed by atoms with van der Waals surface area (Å²) >= 11 is 1.41. The molecule has 0 radical (unpaired) electrons. The fourth-order valence-corrected chi connectivity index (χ4v) is 3.77. The van der Waals surface area contributed by atoms with Gasteiger partial charge in [0.1, 0.15) is 5.75 Å². The van der Waals surface area contributed by atoms with Crippen LogP contribution in [-0.2, 0) is 0 Å². The summed E-state index contributed by atoms with van der Waals surface area (Å²) in [6.45, 7) is 3.94. The van der Waals surface area contributed by atoms with Crippen molar-refractivity contribution in [2.24, 2.45) is 0 Å². The zero-order valence-electron chi connectivity index (χ0n) is 16.8. The van der Waals surface area contributed by atoms with Gasteiger partial charge < -0.3 is 4.74 Å². The molecule has 5 heteroatoms. The van der Waals surface area contributed by atoms with Gasteiger partial charge in [0.05, 0.1) is 11.8 Å². The third-order valence-corrected chi connectivity index (χ3v) is 5.26. The van der Waals surface area contributed by atoms with E-state index in [1.165, 1.54) is 16.9 Å². The maximum absolute atomic E-state index is 12.5. The predicted molar refractivity (Wildman–Crippen MR) is 123 cm³/mol. The Labute approximate surface area is 180 Å². The van der Waals surface area contributed by atoms with E-state index in [1.807, 2.05) is 37.4 Å². The van der Waals surface area contributed by atoms with Crippen molar-refractivity contribution in [3.05, 3.63) is 89.8 Å². The minimum atomic E-state index is -0.188. The van der Waals surface area contributed by atoms with Crippen LogP contribution in [0.1, 0.15) is 24.2 Å². The molecule has 0 fully saturated rings. The molecule has 0 aliphatic rings. The van der Waals surface area contributed by atoms with E-state index in [2.05, 4.69) is 46.7 Å². The summed E-state index contributed by atoms with van der Waals surface area (Å²) in [6, 6.07) is 25.6. The summed E-state index contributed by atoms with van der Waals surface area (Å²) in [5.74, 6) is 0.559. The summed E-state index contributed by atoms with van der Waals surface area (Å²) in [7, 11) is 0. The van der Waals surface area contributed by atoms with Crippen LogP contribution < -0.4 is 10.1 Å². The van der Waals surface area contributed by atoms with Crippen LogP contribution in [-0.4, -0.2) is 17.0 Å². The lowest BCUT2D eigenvalue weighted by molar-refractivity contribution is 0.102. The van der Waals surface area contributed by atoms with E-state index < -0.39 is 0 Å². The van der Waals surface area contributed by atoms with Gasteiger partial charge in [-0.25, -0.2) is 4.98 Å². The number of anilines is 1. The molecule has 1 N–H and O–H groups in total. The Balaban J connectivity index is 1.43. The van der Waals surface area contributed by atoms with E-state index in [9.17, 15) is 4.79 Å². The number of nitrogens with zero attached hydrogens (tertiary/aromatic N) is 1.